The molecule has 2 heteroatoms. The number of hydrogen-bond donors (Lipinski definition) is 1. The van der Waals surface area contributed by atoms with Crippen molar-refractivity contribution in [3.63, 3.8) is 0 Å². The van der Waals surface area contributed by atoms with E-state index in [1.165, 1.54) is 44.5 Å². The van der Waals surface area contributed by atoms with E-state index in [2.05, 4.69) is 127 Å². The van der Waals surface area contributed by atoms with Crippen molar-refractivity contribution >= 4 is 23.0 Å². The van der Waals surface area contributed by atoms with Crippen LogP contribution in [0.5, 0.6) is 0 Å². The van der Waals surface area contributed by atoms with Gasteiger partial charge in [0.2, 0.25) is 0 Å². The Balaban J connectivity index is 1.41. The Morgan fingerprint density at radius 3 is 1.64 bits per heavy atom. The first-order chi connectivity index (χ1) is 19.3. The maximum absolute atomic E-state index is 6.87. The highest BCUT2D eigenvalue weighted by Gasteiger charge is 2.51. The minimum Gasteiger partial charge on any atom is -0.353 e. The maximum Gasteiger partial charge on any atom is 0.0726 e. The topological polar surface area (TPSA) is 12.0 Å². The van der Waals surface area contributed by atoms with E-state index in [4.69, 9.17) is 11.6 Å². The molecule has 0 heterocycles. The van der Waals surface area contributed by atoms with Crippen LogP contribution in [0.25, 0.3) is 33.4 Å². The van der Waals surface area contributed by atoms with E-state index < -0.39 is 0 Å². The second kappa shape index (κ2) is 8.46. The van der Waals surface area contributed by atoms with Crippen LogP contribution in [0.1, 0.15) is 22.3 Å². The van der Waals surface area contributed by atoms with E-state index >= 15 is 0 Å². The van der Waals surface area contributed by atoms with Gasteiger partial charge in [0, 0.05) is 16.8 Å². The molecule has 0 aromatic heterocycles. The molecule has 0 fully saturated rings. The lowest BCUT2D eigenvalue weighted by Gasteiger charge is -2.30. The molecule has 0 bridgehead atoms. The molecule has 6 aromatic rings. The molecule has 1 spiro atoms. The first kappa shape index (κ1) is 22.4. The normalized spacial score (nSPS) is 13.5. The Morgan fingerprint density at radius 2 is 0.949 bits per heavy atom. The summed E-state index contributed by atoms with van der Waals surface area (Å²) in [7, 11) is 0. The van der Waals surface area contributed by atoms with Gasteiger partial charge < -0.3 is 5.32 Å². The van der Waals surface area contributed by atoms with E-state index in [0.29, 0.717) is 5.02 Å². The summed E-state index contributed by atoms with van der Waals surface area (Å²) in [6.07, 6.45) is 0. The molecule has 2 aliphatic carbocycles. The van der Waals surface area contributed by atoms with Crippen LogP contribution in [0.4, 0.5) is 11.4 Å². The minimum atomic E-state index is -0.362. The molecule has 0 aliphatic heterocycles. The fourth-order valence-electron chi connectivity index (χ4n) is 6.89. The molecule has 1 N–H and O–H groups in total. The molecule has 0 radical (unpaired) electrons. The third-order valence-electron chi connectivity index (χ3n) is 8.38. The van der Waals surface area contributed by atoms with Crippen molar-refractivity contribution in [1.29, 1.82) is 0 Å². The van der Waals surface area contributed by atoms with E-state index in [-0.39, 0.29) is 5.41 Å². The van der Waals surface area contributed by atoms with Gasteiger partial charge in [-0.1, -0.05) is 139 Å². The zero-order valence-electron chi connectivity index (χ0n) is 21.2. The summed E-state index contributed by atoms with van der Waals surface area (Å²) in [5.41, 5.74) is 14.3. The number of fused-ring (bicyclic) bond motifs is 10. The fraction of sp³-hybridized carbons (Fsp3) is 0.0270. The van der Waals surface area contributed by atoms with Crippen molar-refractivity contribution in [2.75, 3.05) is 5.32 Å². The lowest BCUT2D eigenvalue weighted by molar-refractivity contribution is 0.794. The van der Waals surface area contributed by atoms with E-state index in [1.807, 2.05) is 18.2 Å². The van der Waals surface area contributed by atoms with Crippen LogP contribution in [0.3, 0.4) is 0 Å². The Morgan fingerprint density at radius 1 is 0.436 bits per heavy atom. The summed E-state index contributed by atoms with van der Waals surface area (Å²) in [6, 6.07) is 49.9. The van der Waals surface area contributed by atoms with Crippen molar-refractivity contribution in [2.24, 2.45) is 0 Å². The van der Waals surface area contributed by atoms with E-state index in [0.717, 1.165) is 22.5 Å². The molecule has 0 amide bonds. The van der Waals surface area contributed by atoms with Crippen LogP contribution in [-0.2, 0) is 5.41 Å². The summed E-state index contributed by atoms with van der Waals surface area (Å²) in [5, 5.41) is 4.50. The highest BCUT2D eigenvalue weighted by atomic mass is 35.5. The van der Waals surface area contributed by atoms with Gasteiger partial charge in [0.15, 0.2) is 0 Å². The highest BCUT2D eigenvalue weighted by molar-refractivity contribution is 6.34. The second-order valence-corrected chi connectivity index (χ2v) is 10.7. The second-order valence-electron chi connectivity index (χ2n) is 10.3. The van der Waals surface area contributed by atoms with Gasteiger partial charge in [0.25, 0.3) is 0 Å². The van der Waals surface area contributed by atoms with Crippen molar-refractivity contribution < 1.29 is 0 Å². The summed E-state index contributed by atoms with van der Waals surface area (Å²) < 4.78 is 0. The quantitative estimate of drug-likeness (QED) is 0.246. The molecular weight excluding hydrogens is 494 g/mol. The lowest BCUT2D eigenvalue weighted by Crippen LogP contribution is -2.25. The van der Waals surface area contributed by atoms with Crippen molar-refractivity contribution in [3.8, 4) is 33.4 Å². The average Bonchev–Trinajstić information content (AvgIpc) is 3.47. The first-order valence-corrected chi connectivity index (χ1v) is 13.7. The molecule has 2 aliphatic rings. The van der Waals surface area contributed by atoms with Crippen molar-refractivity contribution in [1.82, 2.24) is 0 Å². The van der Waals surface area contributed by atoms with Gasteiger partial charge in [-0.25, -0.2) is 0 Å². The molecule has 0 saturated heterocycles. The standard InChI is InChI=1S/C37H24ClN/c38-33-22-10-17-25(24-12-2-1-3-13-24)36(33)39-34-23-11-21-32-35(34)28-16-6-9-20-31(28)37(32)29-18-7-4-14-26(29)27-15-5-8-19-30(27)37/h1-23,39H. The van der Waals surface area contributed by atoms with Gasteiger partial charge in [-0.2, -0.15) is 0 Å². The molecule has 39 heavy (non-hydrogen) atoms. The Hall–Kier alpha value is -4.59. The monoisotopic (exact) mass is 517 g/mol. The van der Waals surface area contributed by atoms with Crippen LogP contribution < -0.4 is 5.32 Å². The van der Waals surface area contributed by atoms with E-state index in [1.54, 1.807) is 0 Å². The smallest absolute Gasteiger partial charge is 0.0726 e. The summed E-state index contributed by atoms with van der Waals surface area (Å²) >= 11 is 6.87. The lowest BCUT2D eigenvalue weighted by atomic mass is 9.70. The molecule has 0 unspecified atom stereocenters. The van der Waals surface area contributed by atoms with Gasteiger partial charge in [-0.15, -0.1) is 0 Å². The van der Waals surface area contributed by atoms with Gasteiger partial charge in [0.1, 0.15) is 0 Å². The summed E-state index contributed by atoms with van der Waals surface area (Å²) in [4.78, 5) is 0. The van der Waals surface area contributed by atoms with E-state index in [9.17, 15) is 0 Å². The van der Waals surface area contributed by atoms with Crippen LogP contribution >= 0.6 is 11.6 Å². The van der Waals surface area contributed by atoms with Gasteiger partial charge in [-0.3, -0.25) is 0 Å². The Labute approximate surface area is 233 Å². The molecule has 8 rings (SSSR count). The maximum atomic E-state index is 6.87. The minimum absolute atomic E-state index is 0.362. The zero-order valence-corrected chi connectivity index (χ0v) is 21.9. The summed E-state index contributed by atoms with van der Waals surface area (Å²) in [5.74, 6) is 0. The number of nitrogens with one attached hydrogen (secondary N) is 1. The number of rotatable bonds is 3. The number of benzene rings is 6. The first-order valence-electron chi connectivity index (χ1n) is 13.3. The molecule has 184 valence electrons. The number of para-hydroxylation sites is 1. The molecule has 0 atom stereocenters. The fourth-order valence-corrected chi connectivity index (χ4v) is 7.11. The predicted octanol–water partition coefficient (Wildman–Crippen LogP) is 10.1. The number of anilines is 2. The Bertz CT molecular complexity index is 1860. The van der Waals surface area contributed by atoms with Crippen molar-refractivity contribution in [2.45, 2.75) is 5.41 Å². The van der Waals surface area contributed by atoms with Crippen LogP contribution in [0, 0.1) is 0 Å². The third-order valence-corrected chi connectivity index (χ3v) is 8.69. The van der Waals surface area contributed by atoms with Crippen LogP contribution in [0.15, 0.2) is 140 Å². The zero-order chi connectivity index (χ0) is 26.0. The van der Waals surface area contributed by atoms with Gasteiger partial charge >= 0.3 is 0 Å². The largest absolute Gasteiger partial charge is 0.353 e. The number of halogens is 1. The Kier molecular flexibility index (Phi) is 4.86. The van der Waals surface area contributed by atoms with Crippen LogP contribution in [0.2, 0.25) is 5.02 Å². The molecule has 0 saturated carbocycles. The SMILES string of the molecule is Clc1cccc(-c2ccccc2)c1Nc1cccc2c1-c1ccccc1C21c2ccccc2-c2ccccc21. The summed E-state index contributed by atoms with van der Waals surface area (Å²) in [6.45, 7) is 0. The predicted molar refractivity (Wildman–Crippen MR) is 163 cm³/mol. The molecule has 6 aromatic carbocycles. The van der Waals surface area contributed by atoms with Gasteiger partial charge in [0.05, 0.1) is 16.1 Å². The van der Waals surface area contributed by atoms with Crippen LogP contribution in [-0.4, -0.2) is 0 Å². The molecule has 1 nitrogen and oxygen atoms in total. The average molecular weight is 518 g/mol. The highest BCUT2D eigenvalue weighted by Crippen LogP contribution is 2.63. The molecular formula is C37H24ClN. The van der Waals surface area contributed by atoms with Crippen molar-refractivity contribution in [3.05, 3.63) is 167 Å². The van der Waals surface area contributed by atoms with Gasteiger partial charge in [-0.05, 0) is 56.6 Å². The third kappa shape index (κ3) is 3.02. The number of hydrogen-bond acceptors (Lipinski definition) is 1.